The molecule has 0 bridgehead atoms. The number of benzene rings is 4. The van der Waals surface area contributed by atoms with Crippen molar-refractivity contribution in [1.29, 1.82) is 0 Å². The molecule has 9 rings (SSSR count). The van der Waals surface area contributed by atoms with Crippen molar-refractivity contribution in [3.8, 4) is 0 Å². The van der Waals surface area contributed by atoms with Crippen molar-refractivity contribution < 1.29 is 19.0 Å². The molecule has 1 aliphatic heterocycles. The van der Waals surface area contributed by atoms with Crippen molar-refractivity contribution >= 4 is 0 Å². The quantitative estimate of drug-likeness (QED) is 0.196. The van der Waals surface area contributed by atoms with Crippen molar-refractivity contribution in [1.82, 2.24) is 14.7 Å². The van der Waals surface area contributed by atoms with Gasteiger partial charge in [0.25, 0.3) is 0 Å². The van der Waals surface area contributed by atoms with Crippen molar-refractivity contribution in [2.24, 2.45) is 11.8 Å². The van der Waals surface area contributed by atoms with Crippen LogP contribution in [0, 0.1) is 23.5 Å². The van der Waals surface area contributed by atoms with Crippen LogP contribution in [-0.2, 0) is 12.8 Å². The number of aliphatic hydroxyl groups excluding tert-OH is 2. The fourth-order valence-corrected chi connectivity index (χ4v) is 11.0. The van der Waals surface area contributed by atoms with Gasteiger partial charge in [0.1, 0.15) is 11.6 Å². The molecule has 0 radical (unpaired) electrons. The van der Waals surface area contributed by atoms with E-state index in [0.29, 0.717) is 42.1 Å². The number of piperazine rings is 1. The lowest BCUT2D eigenvalue weighted by atomic mass is 9.84. The Morgan fingerprint density at radius 3 is 1.56 bits per heavy atom. The number of rotatable bonds is 8. The minimum atomic E-state index is -0.121. The van der Waals surface area contributed by atoms with Gasteiger partial charge in [0.2, 0.25) is 0 Å². The minimum absolute atomic E-state index is 0.100. The van der Waals surface area contributed by atoms with E-state index in [2.05, 4.69) is 70.3 Å². The molecule has 1 saturated heterocycles. The molecule has 0 amide bonds. The molecule has 0 unspecified atom stereocenters. The molecule has 0 spiro atoms. The lowest BCUT2D eigenvalue weighted by Crippen LogP contribution is -2.48. The highest BCUT2D eigenvalue weighted by molar-refractivity contribution is 5.48. The predicted molar refractivity (Wildman–Crippen MR) is 212 cm³/mol. The summed E-state index contributed by atoms with van der Waals surface area (Å²) in [5.74, 6) is 2.86. The van der Waals surface area contributed by atoms with Crippen molar-refractivity contribution in [3.63, 3.8) is 0 Å². The van der Waals surface area contributed by atoms with Crippen LogP contribution in [0.25, 0.3) is 0 Å². The molecule has 54 heavy (non-hydrogen) atoms. The number of nitrogens with zero attached hydrogens (tertiary/aromatic N) is 3. The summed E-state index contributed by atoms with van der Waals surface area (Å²) in [5, 5.41) is 18.3. The van der Waals surface area contributed by atoms with Crippen LogP contribution in [0.15, 0.2) is 84.9 Å². The van der Waals surface area contributed by atoms with E-state index in [0.717, 1.165) is 77.9 Å². The molecule has 4 aromatic rings. The summed E-state index contributed by atoms with van der Waals surface area (Å²) in [6, 6.07) is 28.4. The molecule has 0 aromatic heterocycles. The maximum atomic E-state index is 14.2. The Labute approximate surface area is 320 Å². The zero-order valence-corrected chi connectivity index (χ0v) is 31.9. The minimum Gasteiger partial charge on any atom is -0.395 e. The molecule has 5 aliphatic rings. The van der Waals surface area contributed by atoms with Gasteiger partial charge in [-0.2, -0.15) is 0 Å². The largest absolute Gasteiger partial charge is 0.395 e. The van der Waals surface area contributed by atoms with E-state index < -0.39 is 0 Å². The van der Waals surface area contributed by atoms with Crippen molar-refractivity contribution in [3.05, 3.63) is 141 Å². The third-order valence-electron chi connectivity index (χ3n) is 13.5. The average molecular weight is 734 g/mol. The van der Waals surface area contributed by atoms with E-state index in [1.807, 2.05) is 18.2 Å². The van der Waals surface area contributed by atoms with Gasteiger partial charge in [-0.25, -0.2) is 8.78 Å². The van der Waals surface area contributed by atoms with Gasteiger partial charge in [-0.3, -0.25) is 4.90 Å². The van der Waals surface area contributed by atoms with E-state index >= 15 is 0 Å². The van der Waals surface area contributed by atoms with Gasteiger partial charge >= 0.3 is 0 Å². The smallest absolute Gasteiger partial charge is 0.123 e. The number of halogens is 2. The summed E-state index contributed by atoms with van der Waals surface area (Å²) >= 11 is 0. The van der Waals surface area contributed by atoms with Crippen LogP contribution < -0.4 is 0 Å². The number of fused-ring (bicyclic) bond motifs is 10. The Hall–Kier alpha value is -3.46. The number of hydrogen-bond donors (Lipinski definition) is 2. The second-order valence-electron chi connectivity index (χ2n) is 16.9. The molecular formula is C47H57F2N3O2. The fraction of sp³-hybridized carbons (Fsp3) is 0.489. The molecule has 5 nitrogen and oxygen atoms in total. The van der Waals surface area contributed by atoms with E-state index in [-0.39, 0.29) is 24.8 Å². The molecule has 1 heterocycles. The lowest BCUT2D eigenvalue weighted by molar-refractivity contribution is 0.102. The van der Waals surface area contributed by atoms with Gasteiger partial charge in [-0.15, -0.1) is 0 Å². The number of aliphatic hydroxyl groups is 2. The van der Waals surface area contributed by atoms with Crippen LogP contribution in [0.1, 0.15) is 93.9 Å². The average Bonchev–Trinajstić information content (AvgIpc) is 3.73. The van der Waals surface area contributed by atoms with E-state index in [1.54, 1.807) is 18.2 Å². The number of β-amino-alcohol motifs (C(OH)–C–C–N with tert-alkyl or cyclic N) is 1. The molecule has 7 heteroatoms. The highest BCUT2D eigenvalue weighted by Gasteiger charge is 2.41. The van der Waals surface area contributed by atoms with Crippen LogP contribution in [-0.4, -0.2) is 97.5 Å². The molecule has 2 saturated carbocycles. The molecule has 4 aliphatic carbocycles. The molecule has 286 valence electrons. The first-order chi connectivity index (χ1) is 26.4. The van der Waals surface area contributed by atoms with Gasteiger partial charge in [-0.1, -0.05) is 60.7 Å². The van der Waals surface area contributed by atoms with Crippen molar-refractivity contribution in [2.75, 3.05) is 72.6 Å². The summed E-state index contributed by atoms with van der Waals surface area (Å²) in [6.45, 7) is 8.39. The van der Waals surface area contributed by atoms with Crippen LogP contribution in [0.5, 0.6) is 0 Å². The van der Waals surface area contributed by atoms with E-state index in [4.69, 9.17) is 10.2 Å². The maximum Gasteiger partial charge on any atom is 0.123 e. The molecular weight excluding hydrogens is 677 g/mol. The Balaban J connectivity index is 0.000000155. The highest BCUT2D eigenvalue weighted by Crippen LogP contribution is 2.54. The molecule has 6 atom stereocenters. The van der Waals surface area contributed by atoms with Gasteiger partial charge in [-0.05, 0) is 150 Å². The monoisotopic (exact) mass is 733 g/mol. The Bertz CT molecular complexity index is 1890. The lowest BCUT2D eigenvalue weighted by Gasteiger charge is -2.35. The second kappa shape index (κ2) is 16.7. The zero-order chi connectivity index (χ0) is 37.2. The summed E-state index contributed by atoms with van der Waals surface area (Å²) in [6.07, 6.45) is 6.45. The zero-order valence-electron chi connectivity index (χ0n) is 31.9. The van der Waals surface area contributed by atoms with Gasteiger partial charge in [0.15, 0.2) is 0 Å². The Kier molecular flexibility index (Phi) is 11.6. The predicted octanol–water partition coefficient (Wildman–Crippen LogP) is 7.55. The molecule has 3 fully saturated rings. The fourth-order valence-electron chi connectivity index (χ4n) is 11.0. The van der Waals surface area contributed by atoms with E-state index in [1.165, 1.54) is 50.9 Å². The van der Waals surface area contributed by atoms with Crippen LogP contribution in [0.3, 0.4) is 0 Å². The van der Waals surface area contributed by atoms with Crippen LogP contribution in [0.4, 0.5) is 8.78 Å². The molecule has 4 aromatic carbocycles. The molecule has 2 N–H and O–H groups in total. The first kappa shape index (κ1) is 37.5. The number of hydrogen-bond acceptors (Lipinski definition) is 5. The first-order valence-corrected chi connectivity index (χ1v) is 20.4. The van der Waals surface area contributed by atoms with Gasteiger partial charge < -0.3 is 20.0 Å². The van der Waals surface area contributed by atoms with Crippen LogP contribution >= 0.6 is 0 Å². The topological polar surface area (TPSA) is 50.2 Å². The third kappa shape index (κ3) is 8.08. The van der Waals surface area contributed by atoms with Crippen molar-refractivity contribution in [2.45, 2.75) is 62.2 Å². The third-order valence-corrected chi connectivity index (χ3v) is 13.5. The Morgan fingerprint density at radius 1 is 0.574 bits per heavy atom. The van der Waals surface area contributed by atoms with Gasteiger partial charge in [0, 0.05) is 52.4 Å². The normalized spacial score (nSPS) is 26.0. The summed E-state index contributed by atoms with van der Waals surface area (Å²) in [4.78, 5) is 7.17. The SMILES string of the molecule is CN(CCO)C[C@H]1C[C@@H]2c3ccccc3Cc3ccc(F)cc3[C@H]2C1.OCCN1CCN(C[C@H]2C[C@@H]3c4ccccc4Cc4ccc(F)cc4[C@H]3C2)CC1. The summed E-state index contributed by atoms with van der Waals surface area (Å²) in [5.41, 5.74) is 10.8. The first-order valence-electron chi connectivity index (χ1n) is 20.4. The summed E-state index contributed by atoms with van der Waals surface area (Å²) < 4.78 is 28.1. The Morgan fingerprint density at radius 2 is 1.04 bits per heavy atom. The second-order valence-corrected chi connectivity index (χ2v) is 16.9. The van der Waals surface area contributed by atoms with Crippen LogP contribution in [0.2, 0.25) is 0 Å². The van der Waals surface area contributed by atoms with E-state index in [9.17, 15) is 8.78 Å². The highest BCUT2D eigenvalue weighted by atomic mass is 19.1. The standard InChI is InChI=1S/C25H31FN2O.C22H26FNO/c26-21-6-5-20-15-19-3-1-2-4-22(19)24-13-18(14-25(24)23(20)16-21)17-28-9-7-27(8-10-28)11-12-29;1-24(8-9-25)14-15-10-21-19-5-3-2-4-16(19)12-17-6-7-18(23)13-20(17)22(21)11-15/h1-6,16,18,24-25,29H,7-15,17H2;2-7,13,15,21-22,25H,8-12,14H2,1H3/t18-,24+,25+;15-,21+,22+/m00/s1. The maximum absolute atomic E-state index is 14.2. The summed E-state index contributed by atoms with van der Waals surface area (Å²) in [7, 11) is 2.08. The van der Waals surface area contributed by atoms with Gasteiger partial charge in [0.05, 0.1) is 13.2 Å². The number of likely N-dealkylation sites (N-methyl/N-ethyl adjacent to an activating group) is 1.